The zero-order valence-corrected chi connectivity index (χ0v) is 28.6. The topological polar surface area (TPSA) is 178 Å². The van der Waals surface area contributed by atoms with Crippen LogP contribution in [-0.4, -0.2) is 69.4 Å². The molecule has 1 aliphatic heterocycles. The minimum Gasteiger partial charge on any atom is -0.508 e. The molecule has 12 nitrogen and oxygen atoms in total. The minimum absolute atomic E-state index is 0.0335. The number of H-pyrrole nitrogens is 1. The summed E-state index contributed by atoms with van der Waals surface area (Å²) in [5.74, 6) is -1.74. The van der Waals surface area contributed by atoms with Crippen LogP contribution in [0.25, 0.3) is 11.0 Å². The third kappa shape index (κ3) is 7.37. The highest BCUT2D eigenvalue weighted by Crippen LogP contribution is 2.40. The van der Waals surface area contributed by atoms with Gasteiger partial charge in [0.05, 0.1) is 16.6 Å². The van der Waals surface area contributed by atoms with Crippen LogP contribution >= 0.6 is 11.6 Å². The van der Waals surface area contributed by atoms with Crippen molar-refractivity contribution in [3.63, 3.8) is 0 Å². The van der Waals surface area contributed by atoms with Crippen LogP contribution in [0.15, 0.2) is 63.3 Å². The fourth-order valence-electron chi connectivity index (χ4n) is 5.73. The van der Waals surface area contributed by atoms with Gasteiger partial charge in [-0.15, -0.1) is 0 Å². The van der Waals surface area contributed by atoms with Crippen LogP contribution in [-0.2, 0) is 27.1 Å². The van der Waals surface area contributed by atoms with E-state index in [0.717, 1.165) is 11.3 Å². The summed E-state index contributed by atoms with van der Waals surface area (Å²) in [5.41, 5.74) is 0.121. The quantitative estimate of drug-likeness (QED) is 0.0708. The molecule has 2 aromatic carbocycles. The van der Waals surface area contributed by atoms with Crippen molar-refractivity contribution in [2.24, 2.45) is 0 Å². The first-order chi connectivity index (χ1) is 23.1. The predicted octanol–water partition coefficient (Wildman–Crippen LogP) is 5.54. The fraction of sp³-hybridized carbons (Fsp3) is 0.361. The van der Waals surface area contributed by atoms with Gasteiger partial charge in [-0.3, -0.25) is 4.79 Å². The molecule has 3 heterocycles. The van der Waals surface area contributed by atoms with Crippen molar-refractivity contribution in [1.29, 1.82) is 0 Å². The third-order valence-corrected chi connectivity index (χ3v) is 8.68. The summed E-state index contributed by atoms with van der Waals surface area (Å²) in [6, 6.07) is 10.4. The van der Waals surface area contributed by atoms with E-state index in [1.54, 1.807) is 39.0 Å². The maximum absolute atomic E-state index is 13.2. The van der Waals surface area contributed by atoms with Crippen LogP contribution in [0, 0.1) is 6.92 Å². The standard InChI is InChI=1S/C36H38ClNO11/c1-17(2)7-9-19-15-20(10-13-24(19)39)25(40)16-22-28(41)21-11-14-26(27(37)30(21)47-33(22)43)46-35-29(42)31(32(45-6)36(4,5)49-35)48-34(44)23-12-8-18(3)38-23/h7-8,10-15,29,31-32,35,38-39,41-42H,9,16H2,1-6H3/t29-,31?,32-,35-/m1/s1. The summed E-state index contributed by atoms with van der Waals surface area (Å²) in [5, 5.41) is 32.4. The number of aromatic hydroxyl groups is 2. The molecule has 260 valence electrons. The second-order valence-electron chi connectivity index (χ2n) is 12.7. The highest BCUT2D eigenvalue weighted by molar-refractivity contribution is 6.36. The molecular formula is C36H38ClNO11. The smallest absolute Gasteiger partial charge is 0.355 e. The zero-order chi connectivity index (χ0) is 35.8. The number of aromatic amines is 1. The Hall–Kier alpha value is -4.62. The molecular weight excluding hydrogens is 658 g/mol. The second kappa shape index (κ2) is 14.1. The Labute approximate surface area is 286 Å². The molecule has 4 aromatic rings. The van der Waals surface area contributed by atoms with Gasteiger partial charge in [0.1, 0.15) is 34.1 Å². The number of allylic oxidation sites excluding steroid dienone is 2. The Morgan fingerprint density at radius 3 is 2.49 bits per heavy atom. The number of rotatable bonds is 10. The van der Waals surface area contributed by atoms with Crippen molar-refractivity contribution in [2.45, 2.75) is 77.7 Å². The number of ether oxygens (including phenoxy) is 4. The number of hydrogen-bond acceptors (Lipinski definition) is 11. The van der Waals surface area contributed by atoms with Crippen molar-refractivity contribution in [3.05, 3.63) is 97.6 Å². The molecule has 1 saturated heterocycles. The van der Waals surface area contributed by atoms with E-state index in [-0.39, 0.29) is 44.3 Å². The number of halogens is 1. The van der Waals surface area contributed by atoms with Crippen molar-refractivity contribution in [3.8, 4) is 17.2 Å². The number of Topliss-reactive ketones (excluding diaryl/α,β-unsaturated/α-hetero) is 1. The number of fused-ring (bicyclic) bond motifs is 1. The fourth-order valence-corrected chi connectivity index (χ4v) is 5.98. The van der Waals surface area contributed by atoms with Gasteiger partial charge < -0.3 is 43.7 Å². The summed E-state index contributed by atoms with van der Waals surface area (Å²) < 4.78 is 28.7. The molecule has 2 aromatic heterocycles. The lowest BCUT2D eigenvalue weighted by molar-refractivity contribution is -0.305. The number of aromatic nitrogens is 1. The number of ketones is 1. The molecule has 5 rings (SSSR count). The number of benzene rings is 2. The molecule has 49 heavy (non-hydrogen) atoms. The van der Waals surface area contributed by atoms with Gasteiger partial charge in [-0.2, -0.15) is 0 Å². The molecule has 1 fully saturated rings. The molecule has 0 saturated carbocycles. The van der Waals surface area contributed by atoms with Gasteiger partial charge in [-0.05, 0) is 89.1 Å². The van der Waals surface area contributed by atoms with E-state index in [2.05, 4.69) is 4.98 Å². The summed E-state index contributed by atoms with van der Waals surface area (Å²) >= 11 is 6.61. The average Bonchev–Trinajstić information content (AvgIpc) is 3.48. The molecule has 0 radical (unpaired) electrons. The largest absolute Gasteiger partial charge is 0.508 e. The lowest BCUT2D eigenvalue weighted by Gasteiger charge is -2.47. The summed E-state index contributed by atoms with van der Waals surface area (Å²) in [4.78, 5) is 42.1. The number of hydrogen-bond donors (Lipinski definition) is 4. The molecule has 0 amide bonds. The van der Waals surface area contributed by atoms with Crippen molar-refractivity contribution >= 4 is 34.3 Å². The van der Waals surface area contributed by atoms with Gasteiger partial charge in [0.25, 0.3) is 0 Å². The molecule has 13 heteroatoms. The number of phenolic OH excluding ortho intramolecular Hbond substituents is 1. The Bertz CT molecular complexity index is 1990. The predicted molar refractivity (Wildman–Crippen MR) is 180 cm³/mol. The average molecular weight is 696 g/mol. The lowest BCUT2D eigenvalue weighted by Crippen LogP contribution is -2.65. The number of carbonyl (C=O) groups excluding carboxylic acids is 2. The maximum atomic E-state index is 13.2. The molecule has 1 unspecified atom stereocenters. The number of nitrogens with one attached hydrogen (secondary N) is 1. The molecule has 0 aliphatic carbocycles. The number of methoxy groups -OCH3 is 1. The Morgan fingerprint density at radius 1 is 1.10 bits per heavy atom. The van der Waals surface area contributed by atoms with E-state index >= 15 is 0 Å². The Kier molecular flexibility index (Phi) is 10.3. The summed E-state index contributed by atoms with van der Waals surface area (Å²) in [7, 11) is 1.40. The second-order valence-corrected chi connectivity index (χ2v) is 13.1. The summed E-state index contributed by atoms with van der Waals surface area (Å²) in [6.07, 6.45) is -3.26. The van der Waals surface area contributed by atoms with Crippen molar-refractivity contribution in [2.75, 3.05) is 7.11 Å². The minimum atomic E-state index is -1.55. The third-order valence-electron chi connectivity index (χ3n) is 8.32. The highest BCUT2D eigenvalue weighted by Gasteiger charge is 2.53. The van der Waals surface area contributed by atoms with Crippen LogP contribution < -0.4 is 10.4 Å². The van der Waals surface area contributed by atoms with E-state index in [1.165, 1.54) is 31.4 Å². The van der Waals surface area contributed by atoms with Gasteiger partial charge in [0.15, 0.2) is 23.6 Å². The summed E-state index contributed by atoms with van der Waals surface area (Å²) in [6.45, 7) is 8.96. The Balaban J connectivity index is 1.40. The molecule has 0 spiro atoms. The first kappa shape index (κ1) is 35.7. The molecule has 0 bridgehead atoms. The van der Waals surface area contributed by atoms with E-state index in [4.69, 9.17) is 35.0 Å². The van der Waals surface area contributed by atoms with Crippen LogP contribution in [0.5, 0.6) is 17.2 Å². The SMILES string of the molecule is CO[C@@H]1C(OC(=O)c2ccc(C)[nH]2)[C@@H](O)[C@H](Oc2ccc3c(O)c(CC(=O)c4ccc(O)c(CC=C(C)C)c4)c(=O)oc3c2Cl)OC1(C)C. The zero-order valence-electron chi connectivity index (χ0n) is 27.8. The lowest BCUT2D eigenvalue weighted by atomic mass is 9.89. The van der Waals surface area contributed by atoms with Gasteiger partial charge in [0, 0.05) is 24.8 Å². The van der Waals surface area contributed by atoms with E-state index < -0.39 is 59.8 Å². The first-order valence-corrected chi connectivity index (χ1v) is 15.9. The van der Waals surface area contributed by atoms with E-state index in [0.29, 0.717) is 12.0 Å². The number of esters is 1. The van der Waals surface area contributed by atoms with Crippen molar-refractivity contribution in [1.82, 2.24) is 4.98 Å². The number of carbonyl (C=O) groups is 2. The normalized spacial score (nSPS) is 20.2. The van der Waals surface area contributed by atoms with Gasteiger partial charge in [-0.25, -0.2) is 9.59 Å². The monoisotopic (exact) mass is 695 g/mol. The molecule has 4 atom stereocenters. The molecule has 1 aliphatic rings. The Morgan fingerprint density at radius 2 is 1.84 bits per heavy atom. The maximum Gasteiger partial charge on any atom is 0.355 e. The number of aliphatic hydroxyl groups is 1. The van der Waals surface area contributed by atoms with Crippen LogP contribution in [0.4, 0.5) is 0 Å². The number of aliphatic hydroxyl groups excluding tert-OH is 1. The number of aryl methyl sites for hydroxylation is 1. The number of phenols is 1. The van der Waals surface area contributed by atoms with Gasteiger partial charge in [-0.1, -0.05) is 23.3 Å². The van der Waals surface area contributed by atoms with Crippen LogP contribution in [0.2, 0.25) is 5.02 Å². The van der Waals surface area contributed by atoms with E-state index in [1.807, 2.05) is 19.9 Å². The highest BCUT2D eigenvalue weighted by atomic mass is 35.5. The van der Waals surface area contributed by atoms with E-state index in [9.17, 15) is 29.7 Å². The van der Waals surface area contributed by atoms with Crippen LogP contribution in [0.1, 0.15) is 65.4 Å². The van der Waals surface area contributed by atoms with Crippen molar-refractivity contribution < 1.29 is 48.3 Å². The first-order valence-electron chi connectivity index (χ1n) is 15.5. The van der Waals surface area contributed by atoms with Crippen LogP contribution in [0.3, 0.4) is 0 Å². The van der Waals surface area contributed by atoms with Gasteiger partial charge >= 0.3 is 11.6 Å². The molecule has 4 N–H and O–H groups in total. The van der Waals surface area contributed by atoms with Gasteiger partial charge in [0.2, 0.25) is 6.29 Å².